The molecule has 7 heteroatoms. The summed E-state index contributed by atoms with van der Waals surface area (Å²) in [5.41, 5.74) is 1.85. The molecule has 1 atom stereocenters. The fourth-order valence-electron chi connectivity index (χ4n) is 3.38. The van der Waals surface area contributed by atoms with Gasteiger partial charge in [-0.05, 0) is 42.7 Å². The van der Waals surface area contributed by atoms with Crippen molar-refractivity contribution >= 4 is 17.7 Å². The highest BCUT2D eigenvalue weighted by molar-refractivity contribution is 7.98. The lowest BCUT2D eigenvalue weighted by molar-refractivity contribution is 0.0710. The number of rotatable bonds is 6. The number of amides is 1. The topological polar surface area (TPSA) is 72.1 Å². The quantitative estimate of drug-likeness (QED) is 0.543. The van der Waals surface area contributed by atoms with Crippen molar-refractivity contribution in [3.05, 3.63) is 71.5 Å². The van der Waals surface area contributed by atoms with Gasteiger partial charge in [0.2, 0.25) is 5.89 Å². The van der Waals surface area contributed by atoms with Gasteiger partial charge < -0.3 is 9.42 Å². The minimum Gasteiger partial charge on any atom is -0.337 e. The van der Waals surface area contributed by atoms with E-state index in [1.54, 1.807) is 18.0 Å². The molecule has 0 N–H and O–H groups in total. The van der Waals surface area contributed by atoms with Crippen LogP contribution in [0.1, 0.15) is 66.3 Å². The first-order valence-corrected chi connectivity index (χ1v) is 10.9. The minimum atomic E-state index is -0.137. The zero-order valence-electron chi connectivity index (χ0n) is 16.6. The van der Waals surface area contributed by atoms with E-state index in [0.29, 0.717) is 23.8 Å². The normalized spacial score (nSPS) is 16.5. The molecule has 0 spiro atoms. The van der Waals surface area contributed by atoms with E-state index >= 15 is 0 Å². The second-order valence-electron chi connectivity index (χ2n) is 7.46. The Morgan fingerprint density at radius 2 is 2.07 bits per heavy atom. The summed E-state index contributed by atoms with van der Waals surface area (Å²) >= 11 is 1.68. The number of benzene rings is 1. The molecule has 0 saturated carbocycles. The van der Waals surface area contributed by atoms with Gasteiger partial charge in [0.25, 0.3) is 5.91 Å². The zero-order chi connectivity index (χ0) is 20.2. The van der Waals surface area contributed by atoms with E-state index in [0.717, 1.165) is 29.2 Å². The molecule has 1 aromatic carbocycles. The number of nitrogens with zero attached hydrogens (tertiary/aromatic N) is 4. The Morgan fingerprint density at radius 1 is 1.24 bits per heavy atom. The largest absolute Gasteiger partial charge is 0.337 e. The van der Waals surface area contributed by atoms with Gasteiger partial charge in [-0.25, -0.2) is 4.98 Å². The van der Waals surface area contributed by atoms with Gasteiger partial charge >= 0.3 is 0 Å². The predicted molar refractivity (Wildman–Crippen MR) is 112 cm³/mol. The SMILES string of the molecule is CC(C)c1noc([C@@H]2CCCN2C(=O)c2ccc(CSc3ccccn3)cc2)n1. The molecule has 1 fully saturated rings. The number of hydrogen-bond acceptors (Lipinski definition) is 6. The van der Waals surface area contributed by atoms with Crippen LogP contribution in [0.15, 0.2) is 58.2 Å². The Bertz CT molecular complexity index is 956. The molecule has 2 aromatic heterocycles. The van der Waals surface area contributed by atoms with Crippen LogP contribution in [0, 0.1) is 0 Å². The maximum absolute atomic E-state index is 13.1. The third kappa shape index (κ3) is 4.50. The smallest absolute Gasteiger partial charge is 0.254 e. The fraction of sp³-hybridized carbons (Fsp3) is 0.364. The van der Waals surface area contributed by atoms with Crippen LogP contribution in [0.25, 0.3) is 0 Å². The molecule has 6 nitrogen and oxygen atoms in total. The number of hydrogen-bond donors (Lipinski definition) is 0. The molecule has 4 rings (SSSR count). The van der Waals surface area contributed by atoms with E-state index in [2.05, 4.69) is 15.1 Å². The van der Waals surface area contributed by atoms with Crippen LogP contribution in [0.4, 0.5) is 0 Å². The molecule has 3 heterocycles. The summed E-state index contributed by atoms with van der Waals surface area (Å²) in [6.07, 6.45) is 3.59. The third-order valence-corrected chi connectivity index (χ3v) is 6.01. The fourth-order valence-corrected chi connectivity index (χ4v) is 4.20. The van der Waals surface area contributed by atoms with Gasteiger partial charge in [0.05, 0.1) is 5.03 Å². The van der Waals surface area contributed by atoms with Gasteiger partial charge in [-0.1, -0.05) is 37.2 Å². The van der Waals surface area contributed by atoms with Crippen molar-refractivity contribution in [3.63, 3.8) is 0 Å². The highest BCUT2D eigenvalue weighted by Gasteiger charge is 2.34. The predicted octanol–water partition coefficient (Wildman–Crippen LogP) is 4.86. The monoisotopic (exact) mass is 408 g/mol. The van der Waals surface area contributed by atoms with Crippen molar-refractivity contribution < 1.29 is 9.32 Å². The molecule has 3 aromatic rings. The third-order valence-electron chi connectivity index (χ3n) is 5.00. The van der Waals surface area contributed by atoms with Crippen LogP contribution in [-0.4, -0.2) is 32.5 Å². The summed E-state index contributed by atoms with van der Waals surface area (Å²) in [6.45, 7) is 4.76. The van der Waals surface area contributed by atoms with Crippen molar-refractivity contribution in [3.8, 4) is 0 Å². The second-order valence-corrected chi connectivity index (χ2v) is 8.45. The van der Waals surface area contributed by atoms with Crippen molar-refractivity contribution in [2.75, 3.05) is 6.54 Å². The first-order chi connectivity index (χ1) is 14.1. The van der Waals surface area contributed by atoms with Crippen molar-refractivity contribution in [1.82, 2.24) is 20.0 Å². The molecular weight excluding hydrogens is 384 g/mol. The first-order valence-electron chi connectivity index (χ1n) is 9.89. The maximum Gasteiger partial charge on any atom is 0.254 e. The van der Waals surface area contributed by atoms with Crippen LogP contribution in [0.2, 0.25) is 0 Å². The van der Waals surface area contributed by atoms with E-state index in [4.69, 9.17) is 4.52 Å². The van der Waals surface area contributed by atoms with Crippen LogP contribution in [0.5, 0.6) is 0 Å². The lowest BCUT2D eigenvalue weighted by Crippen LogP contribution is -2.30. The Morgan fingerprint density at radius 3 is 2.76 bits per heavy atom. The number of carbonyl (C=O) groups is 1. The van der Waals surface area contributed by atoms with Crippen LogP contribution < -0.4 is 0 Å². The molecule has 1 aliphatic rings. The van der Waals surface area contributed by atoms with Gasteiger partial charge in [0.1, 0.15) is 6.04 Å². The standard InChI is InChI=1S/C22H24N4O2S/c1-15(2)20-24-21(28-25-20)18-6-5-13-26(18)22(27)17-10-8-16(9-11-17)14-29-19-7-3-4-12-23-19/h3-4,7-12,15,18H,5-6,13-14H2,1-2H3/t18-/m0/s1. The lowest BCUT2D eigenvalue weighted by atomic mass is 10.1. The Kier molecular flexibility index (Phi) is 5.94. The average Bonchev–Trinajstić information content (AvgIpc) is 3.42. The van der Waals surface area contributed by atoms with Crippen molar-refractivity contribution in [1.29, 1.82) is 0 Å². The maximum atomic E-state index is 13.1. The van der Waals surface area contributed by atoms with Gasteiger partial charge in [-0.15, -0.1) is 11.8 Å². The summed E-state index contributed by atoms with van der Waals surface area (Å²) in [5.74, 6) is 2.27. The molecule has 29 heavy (non-hydrogen) atoms. The van der Waals surface area contributed by atoms with E-state index in [1.165, 1.54) is 0 Å². The minimum absolute atomic E-state index is 0.0146. The van der Waals surface area contributed by atoms with Crippen molar-refractivity contribution in [2.45, 2.75) is 49.4 Å². The van der Waals surface area contributed by atoms with Gasteiger partial charge in [-0.3, -0.25) is 4.79 Å². The number of aromatic nitrogens is 3. The summed E-state index contributed by atoms with van der Waals surface area (Å²) in [4.78, 5) is 23.8. The summed E-state index contributed by atoms with van der Waals surface area (Å²) < 4.78 is 5.46. The number of thioether (sulfide) groups is 1. The van der Waals surface area contributed by atoms with E-state index in [-0.39, 0.29) is 17.9 Å². The van der Waals surface area contributed by atoms with E-state index in [9.17, 15) is 4.79 Å². The highest BCUT2D eigenvalue weighted by atomic mass is 32.2. The van der Waals surface area contributed by atoms with Crippen LogP contribution >= 0.6 is 11.8 Å². The average molecular weight is 409 g/mol. The number of pyridine rings is 1. The van der Waals surface area contributed by atoms with Crippen LogP contribution in [0.3, 0.4) is 0 Å². The Hall–Kier alpha value is -2.67. The van der Waals surface area contributed by atoms with Gasteiger partial charge in [-0.2, -0.15) is 4.98 Å². The summed E-state index contributed by atoms with van der Waals surface area (Å²) in [5, 5.41) is 5.05. The molecule has 0 unspecified atom stereocenters. The van der Waals surface area contributed by atoms with Gasteiger partial charge in [0.15, 0.2) is 5.82 Å². The van der Waals surface area contributed by atoms with Crippen LogP contribution in [-0.2, 0) is 5.75 Å². The van der Waals surface area contributed by atoms with E-state index < -0.39 is 0 Å². The van der Waals surface area contributed by atoms with E-state index in [1.807, 2.05) is 61.2 Å². The molecule has 0 bridgehead atoms. The van der Waals surface area contributed by atoms with Crippen molar-refractivity contribution in [2.24, 2.45) is 0 Å². The Labute approximate surface area is 174 Å². The van der Waals surface area contributed by atoms with Gasteiger partial charge in [0, 0.05) is 30.0 Å². The Balaban J connectivity index is 1.42. The number of carbonyl (C=O) groups excluding carboxylic acids is 1. The molecule has 1 amide bonds. The molecule has 1 saturated heterocycles. The summed E-state index contributed by atoms with van der Waals surface area (Å²) in [7, 11) is 0. The zero-order valence-corrected chi connectivity index (χ0v) is 17.4. The summed E-state index contributed by atoms with van der Waals surface area (Å²) in [6, 6.07) is 13.6. The molecule has 150 valence electrons. The molecule has 1 aliphatic heterocycles. The first kappa shape index (κ1) is 19.6. The second kappa shape index (κ2) is 8.78. The molecule has 0 aliphatic carbocycles. The number of likely N-dealkylation sites (tertiary alicyclic amines) is 1. The highest BCUT2D eigenvalue weighted by Crippen LogP contribution is 2.33. The lowest BCUT2D eigenvalue weighted by Gasteiger charge is -2.22. The molecule has 0 radical (unpaired) electrons. The molecular formula is C22H24N4O2S.